The zero-order valence-electron chi connectivity index (χ0n) is 10.4. The van der Waals surface area contributed by atoms with Crippen LogP contribution in [0.1, 0.15) is 5.56 Å². The van der Waals surface area contributed by atoms with Crippen molar-refractivity contribution < 1.29 is 9.11 Å². The maximum atomic E-state index is 10.5. The zero-order valence-corrected chi connectivity index (χ0v) is 11.3. The quantitative estimate of drug-likeness (QED) is 0.785. The van der Waals surface area contributed by atoms with Crippen LogP contribution in [0.5, 0.6) is 0 Å². The summed E-state index contributed by atoms with van der Waals surface area (Å²) in [6.45, 7) is 2.37. The summed E-state index contributed by atoms with van der Waals surface area (Å²) in [6.07, 6.45) is 3.10. The van der Waals surface area contributed by atoms with Crippen LogP contribution < -0.4 is 9.62 Å². The summed E-state index contributed by atoms with van der Waals surface area (Å²) in [5, 5.41) is 3.17. The lowest BCUT2D eigenvalue weighted by atomic mass is 10.2. The van der Waals surface area contributed by atoms with Gasteiger partial charge in [-0.15, -0.1) is 0 Å². The average molecular weight is 277 g/mol. The minimum atomic E-state index is -3.06. The summed E-state index contributed by atoms with van der Waals surface area (Å²) in [6, 6.07) is 9.22. The van der Waals surface area contributed by atoms with E-state index in [4.69, 9.17) is 0 Å². The molecular formula is C13H15N3O2S. The molecule has 0 amide bonds. The number of aromatic nitrogens is 1. The second kappa shape index (κ2) is 4.41. The second-order valence-corrected chi connectivity index (χ2v) is 6.39. The molecule has 1 aliphatic heterocycles. The summed E-state index contributed by atoms with van der Waals surface area (Å²) < 4.78 is 22.6. The Morgan fingerprint density at radius 1 is 1.32 bits per heavy atom. The Hall–Kier alpha value is -1.76. The maximum Gasteiger partial charge on any atom is 0.108 e. The van der Waals surface area contributed by atoms with Crippen LogP contribution in [0.4, 0.5) is 11.4 Å². The lowest BCUT2D eigenvalue weighted by Crippen LogP contribution is -2.27. The van der Waals surface area contributed by atoms with Crippen molar-refractivity contribution in [2.24, 2.45) is 0 Å². The summed E-state index contributed by atoms with van der Waals surface area (Å²) in [4.78, 5) is 4.37. The SMILES string of the molecule is Cc1ccc2c(c1)NCN2S(O)(O)c1cccnc1. The van der Waals surface area contributed by atoms with Crippen LogP contribution >= 0.6 is 10.8 Å². The minimum Gasteiger partial charge on any atom is -0.365 e. The van der Waals surface area contributed by atoms with Crippen molar-refractivity contribution in [3.05, 3.63) is 48.3 Å². The van der Waals surface area contributed by atoms with Crippen molar-refractivity contribution in [2.45, 2.75) is 11.8 Å². The van der Waals surface area contributed by atoms with Gasteiger partial charge in [0.25, 0.3) is 0 Å². The zero-order chi connectivity index (χ0) is 13.5. The first-order valence-corrected chi connectivity index (χ1v) is 7.40. The van der Waals surface area contributed by atoms with Gasteiger partial charge in [0.05, 0.1) is 22.5 Å². The third kappa shape index (κ3) is 2.03. The normalized spacial score (nSPS) is 15.0. The van der Waals surface area contributed by atoms with Crippen molar-refractivity contribution in [2.75, 3.05) is 16.3 Å². The van der Waals surface area contributed by atoms with Gasteiger partial charge in [-0.1, -0.05) is 16.8 Å². The highest BCUT2D eigenvalue weighted by Gasteiger charge is 2.31. The maximum absolute atomic E-state index is 10.5. The third-order valence-electron chi connectivity index (χ3n) is 3.09. The van der Waals surface area contributed by atoms with Crippen molar-refractivity contribution in [1.29, 1.82) is 0 Å². The van der Waals surface area contributed by atoms with Gasteiger partial charge in [-0.05, 0) is 36.8 Å². The molecule has 3 rings (SSSR count). The fourth-order valence-electron chi connectivity index (χ4n) is 2.11. The number of pyridine rings is 1. The van der Waals surface area contributed by atoms with Crippen molar-refractivity contribution >= 4 is 22.2 Å². The molecule has 0 radical (unpaired) electrons. The summed E-state index contributed by atoms with van der Waals surface area (Å²) in [5.74, 6) is 0. The van der Waals surface area contributed by atoms with Gasteiger partial charge in [0, 0.05) is 6.20 Å². The first-order valence-electron chi connectivity index (χ1n) is 5.89. The van der Waals surface area contributed by atoms with E-state index in [0.717, 1.165) is 16.9 Å². The van der Waals surface area contributed by atoms with Crippen LogP contribution in [0.15, 0.2) is 47.6 Å². The first-order chi connectivity index (χ1) is 9.09. The van der Waals surface area contributed by atoms with Gasteiger partial charge in [0.2, 0.25) is 0 Å². The molecule has 0 fully saturated rings. The highest BCUT2D eigenvalue weighted by Crippen LogP contribution is 2.56. The standard InChI is InChI=1S/C13H15N3O2S/c1-10-4-5-13-12(7-10)15-9-16(13)19(17,18)11-3-2-6-14-8-11/h2-8,15,17-18H,9H2,1H3. The number of benzene rings is 1. The topological polar surface area (TPSA) is 68.6 Å². The number of fused-ring (bicyclic) bond motifs is 1. The van der Waals surface area contributed by atoms with E-state index in [9.17, 15) is 9.11 Å². The molecule has 0 saturated carbocycles. The third-order valence-corrected chi connectivity index (χ3v) is 4.91. The number of nitrogens with zero attached hydrogens (tertiary/aromatic N) is 2. The Morgan fingerprint density at radius 3 is 2.89 bits per heavy atom. The van der Waals surface area contributed by atoms with Gasteiger partial charge in [0.15, 0.2) is 0 Å². The van der Waals surface area contributed by atoms with Gasteiger partial charge in [-0.25, -0.2) is 4.31 Å². The number of hydrogen-bond donors (Lipinski definition) is 3. The lowest BCUT2D eigenvalue weighted by molar-refractivity contribution is 0.483. The summed E-state index contributed by atoms with van der Waals surface area (Å²) in [7, 11) is -3.06. The smallest absolute Gasteiger partial charge is 0.108 e. The largest absolute Gasteiger partial charge is 0.365 e. The Labute approximate surface area is 113 Å². The summed E-state index contributed by atoms with van der Waals surface area (Å²) >= 11 is 0. The minimum absolute atomic E-state index is 0.371. The predicted octanol–water partition coefficient (Wildman–Crippen LogP) is 3.30. The van der Waals surface area contributed by atoms with Crippen LogP contribution in [0, 0.1) is 6.92 Å². The molecule has 0 spiro atoms. The fraction of sp³-hybridized carbons (Fsp3) is 0.154. The molecular weight excluding hydrogens is 262 g/mol. The van der Waals surface area contributed by atoms with Gasteiger partial charge >= 0.3 is 0 Å². The molecule has 0 unspecified atom stereocenters. The van der Waals surface area contributed by atoms with E-state index in [2.05, 4.69) is 10.3 Å². The van der Waals surface area contributed by atoms with E-state index in [1.54, 1.807) is 22.6 Å². The Bertz CT molecular complexity index is 604. The van der Waals surface area contributed by atoms with E-state index < -0.39 is 10.8 Å². The molecule has 1 aromatic carbocycles. The summed E-state index contributed by atoms with van der Waals surface area (Å²) in [5.41, 5.74) is 2.85. The first kappa shape index (κ1) is 12.3. The molecule has 6 heteroatoms. The fourth-order valence-corrected chi connectivity index (χ4v) is 3.51. The Morgan fingerprint density at radius 2 is 2.16 bits per heavy atom. The van der Waals surface area contributed by atoms with Gasteiger partial charge in [-0.2, -0.15) is 0 Å². The van der Waals surface area contributed by atoms with Crippen LogP contribution in [0.2, 0.25) is 0 Å². The number of nitrogens with one attached hydrogen (secondary N) is 1. The van der Waals surface area contributed by atoms with E-state index in [1.165, 1.54) is 6.20 Å². The van der Waals surface area contributed by atoms with Gasteiger partial charge in [-0.3, -0.25) is 14.1 Å². The number of hydrogen-bond acceptors (Lipinski definition) is 5. The van der Waals surface area contributed by atoms with E-state index >= 15 is 0 Å². The van der Waals surface area contributed by atoms with Crippen LogP contribution in [-0.4, -0.2) is 20.8 Å². The molecule has 5 nitrogen and oxygen atoms in total. The molecule has 1 aromatic heterocycles. The van der Waals surface area contributed by atoms with Crippen molar-refractivity contribution in [1.82, 2.24) is 4.98 Å². The molecule has 0 aliphatic carbocycles. The number of anilines is 2. The lowest BCUT2D eigenvalue weighted by Gasteiger charge is -2.41. The molecule has 0 atom stereocenters. The van der Waals surface area contributed by atoms with Crippen LogP contribution in [-0.2, 0) is 0 Å². The van der Waals surface area contributed by atoms with Crippen molar-refractivity contribution in [3.8, 4) is 0 Å². The monoisotopic (exact) mass is 277 g/mol. The van der Waals surface area contributed by atoms with E-state index in [1.807, 2.05) is 25.1 Å². The Kier molecular flexibility index (Phi) is 2.85. The molecule has 0 bridgehead atoms. The van der Waals surface area contributed by atoms with Gasteiger partial charge < -0.3 is 5.32 Å². The molecule has 2 heterocycles. The Balaban J connectivity index is 2.01. The van der Waals surface area contributed by atoms with Gasteiger partial charge in [0.1, 0.15) is 6.67 Å². The molecule has 0 saturated heterocycles. The molecule has 2 aromatic rings. The second-order valence-electron chi connectivity index (χ2n) is 4.44. The number of aryl methyl sites for hydroxylation is 1. The molecule has 1 aliphatic rings. The van der Waals surface area contributed by atoms with Crippen LogP contribution in [0.3, 0.4) is 0 Å². The molecule has 19 heavy (non-hydrogen) atoms. The average Bonchev–Trinajstić information content (AvgIpc) is 2.83. The number of rotatable bonds is 2. The van der Waals surface area contributed by atoms with Crippen molar-refractivity contribution in [3.63, 3.8) is 0 Å². The van der Waals surface area contributed by atoms with Crippen LogP contribution in [0.25, 0.3) is 0 Å². The highest BCUT2D eigenvalue weighted by atomic mass is 32.3. The molecule has 100 valence electrons. The highest BCUT2D eigenvalue weighted by molar-refractivity contribution is 8.25. The molecule has 3 N–H and O–H groups in total. The van der Waals surface area contributed by atoms with E-state index in [0.29, 0.717) is 11.6 Å². The van der Waals surface area contributed by atoms with E-state index in [-0.39, 0.29) is 0 Å². The predicted molar refractivity (Wildman–Crippen MR) is 77.5 cm³/mol.